The lowest BCUT2D eigenvalue weighted by atomic mass is 10.1. The van der Waals surface area contributed by atoms with Gasteiger partial charge < -0.3 is 9.15 Å². The highest BCUT2D eigenvalue weighted by Gasteiger charge is 2.14. The highest BCUT2D eigenvalue weighted by Crippen LogP contribution is 2.27. The van der Waals surface area contributed by atoms with Gasteiger partial charge in [0.05, 0.1) is 22.5 Å². The maximum Gasteiger partial charge on any atom is 0.422 e. The number of rotatable bonds is 5. The van der Waals surface area contributed by atoms with Crippen LogP contribution in [0.25, 0.3) is 10.9 Å². The average Bonchev–Trinajstić information content (AvgIpc) is 2.59. The van der Waals surface area contributed by atoms with Gasteiger partial charge in [-0.3, -0.25) is 4.57 Å². The van der Waals surface area contributed by atoms with Crippen molar-refractivity contribution in [3.8, 4) is 5.75 Å². The smallest absolute Gasteiger partial charge is 0.422 e. The van der Waals surface area contributed by atoms with Crippen molar-refractivity contribution in [2.24, 2.45) is 0 Å². The highest BCUT2D eigenvalue weighted by atomic mass is 35.5. The summed E-state index contributed by atoms with van der Waals surface area (Å²) in [7, 11) is 0. The van der Waals surface area contributed by atoms with Gasteiger partial charge in [-0.15, -0.1) is 0 Å². The third-order valence-corrected chi connectivity index (χ3v) is 5.23. The van der Waals surface area contributed by atoms with Gasteiger partial charge in [-0.25, -0.2) is 9.59 Å². The predicted molar refractivity (Wildman–Crippen MR) is 108 cm³/mol. The zero-order valence-electron chi connectivity index (χ0n) is 14.6. The molecular weight excluding hydrogens is 413 g/mol. The molecule has 0 aliphatic carbocycles. The molecule has 0 spiro atoms. The largest absolute Gasteiger partial charge is 0.494 e. The molecule has 3 aromatic rings. The molecule has 0 saturated carbocycles. The molecule has 1 aromatic heterocycles. The van der Waals surface area contributed by atoms with Gasteiger partial charge in [0.15, 0.2) is 0 Å². The maximum atomic E-state index is 12.1. The molecule has 0 saturated heterocycles. The summed E-state index contributed by atoms with van der Waals surface area (Å²) in [5.41, 5.74) is 1.41. The molecule has 0 N–H and O–H groups in total. The standard InChI is InChI=1S/C19H16Cl3NO4/c1-10-6-13(7-11(2)16(10)22)26-5-3-4-23-17-14(18(24)27-19(23)25)8-12(20)9-15(17)21/h6-9H,3-5H2,1-2H3. The molecular formula is C19H16Cl3NO4. The third kappa shape index (κ3) is 4.15. The number of fused-ring (bicyclic) bond motifs is 1. The van der Waals surface area contributed by atoms with E-state index in [-0.39, 0.29) is 17.0 Å². The fourth-order valence-electron chi connectivity index (χ4n) is 2.88. The van der Waals surface area contributed by atoms with E-state index in [9.17, 15) is 9.59 Å². The van der Waals surface area contributed by atoms with Crippen molar-refractivity contribution in [3.63, 3.8) is 0 Å². The molecule has 0 atom stereocenters. The number of hydrogen-bond donors (Lipinski definition) is 0. The van der Waals surface area contributed by atoms with Gasteiger partial charge in [-0.2, -0.15) is 0 Å². The second-order valence-electron chi connectivity index (χ2n) is 6.16. The summed E-state index contributed by atoms with van der Waals surface area (Å²) in [6.07, 6.45) is 0.502. The molecule has 0 radical (unpaired) electrons. The van der Waals surface area contributed by atoms with Crippen LogP contribution in [-0.2, 0) is 6.54 Å². The monoisotopic (exact) mass is 427 g/mol. The van der Waals surface area contributed by atoms with Crippen LogP contribution in [0.15, 0.2) is 38.3 Å². The number of ether oxygens (including phenoxy) is 1. The summed E-state index contributed by atoms with van der Waals surface area (Å²) < 4.78 is 11.8. The van der Waals surface area contributed by atoms with Gasteiger partial charge in [0.25, 0.3) is 0 Å². The van der Waals surface area contributed by atoms with E-state index in [0.29, 0.717) is 34.3 Å². The minimum atomic E-state index is -0.769. The van der Waals surface area contributed by atoms with Crippen LogP contribution in [0.5, 0.6) is 5.75 Å². The quantitative estimate of drug-likeness (QED) is 0.536. The van der Waals surface area contributed by atoms with Gasteiger partial charge >= 0.3 is 11.4 Å². The highest BCUT2D eigenvalue weighted by molar-refractivity contribution is 6.38. The molecule has 5 nitrogen and oxygen atoms in total. The normalized spacial score (nSPS) is 11.1. The first-order chi connectivity index (χ1) is 12.8. The maximum absolute atomic E-state index is 12.1. The first-order valence-corrected chi connectivity index (χ1v) is 9.33. The average molecular weight is 429 g/mol. The van der Waals surface area contributed by atoms with Crippen LogP contribution in [0.1, 0.15) is 17.5 Å². The van der Waals surface area contributed by atoms with Crippen LogP contribution in [0.2, 0.25) is 15.1 Å². The summed E-state index contributed by atoms with van der Waals surface area (Å²) in [6.45, 7) is 4.45. The van der Waals surface area contributed by atoms with Gasteiger partial charge in [0.1, 0.15) is 5.75 Å². The molecule has 0 fully saturated rings. The van der Waals surface area contributed by atoms with Crippen molar-refractivity contribution in [1.29, 1.82) is 0 Å². The first-order valence-electron chi connectivity index (χ1n) is 8.20. The van der Waals surface area contributed by atoms with E-state index in [1.165, 1.54) is 16.7 Å². The number of aromatic nitrogens is 1. The minimum absolute atomic E-state index is 0.164. The van der Waals surface area contributed by atoms with Crippen LogP contribution >= 0.6 is 34.8 Å². The Balaban J connectivity index is 1.80. The van der Waals surface area contributed by atoms with Crippen molar-refractivity contribution >= 4 is 45.7 Å². The molecule has 142 valence electrons. The van der Waals surface area contributed by atoms with E-state index in [1.807, 2.05) is 26.0 Å². The van der Waals surface area contributed by atoms with Gasteiger partial charge in [-0.05, 0) is 55.7 Å². The van der Waals surface area contributed by atoms with Crippen LogP contribution < -0.4 is 16.1 Å². The third-order valence-electron chi connectivity index (χ3n) is 4.12. The molecule has 3 rings (SSSR count). The van der Waals surface area contributed by atoms with Crippen molar-refractivity contribution in [2.75, 3.05) is 6.61 Å². The summed E-state index contributed by atoms with van der Waals surface area (Å²) >= 11 is 18.3. The van der Waals surface area contributed by atoms with Gasteiger partial charge in [0.2, 0.25) is 0 Å². The van der Waals surface area contributed by atoms with Crippen LogP contribution in [0.3, 0.4) is 0 Å². The molecule has 8 heteroatoms. The Hall–Kier alpha value is -1.95. The van der Waals surface area contributed by atoms with E-state index in [1.54, 1.807) is 0 Å². The predicted octanol–water partition coefficient (Wildman–Crippen LogP) is 5.00. The number of aryl methyl sites for hydroxylation is 3. The van der Waals surface area contributed by atoms with Crippen molar-refractivity contribution in [3.05, 3.63) is 71.4 Å². The molecule has 2 aromatic carbocycles. The Labute approximate surface area is 170 Å². The number of hydrogen-bond acceptors (Lipinski definition) is 4. The summed E-state index contributed by atoms with van der Waals surface area (Å²) in [6, 6.07) is 6.63. The van der Waals surface area contributed by atoms with E-state index in [0.717, 1.165) is 11.1 Å². The lowest BCUT2D eigenvalue weighted by Crippen LogP contribution is -2.26. The summed E-state index contributed by atoms with van der Waals surface area (Å²) in [4.78, 5) is 24.1. The Morgan fingerprint density at radius 3 is 2.37 bits per heavy atom. The Morgan fingerprint density at radius 1 is 1.04 bits per heavy atom. The van der Waals surface area contributed by atoms with Crippen LogP contribution in [-0.4, -0.2) is 11.2 Å². The second-order valence-corrected chi connectivity index (χ2v) is 7.39. The molecule has 0 aliphatic heterocycles. The molecule has 0 bridgehead atoms. The lowest BCUT2D eigenvalue weighted by molar-refractivity contribution is 0.296. The lowest BCUT2D eigenvalue weighted by Gasteiger charge is -2.12. The van der Waals surface area contributed by atoms with Crippen molar-refractivity contribution < 1.29 is 9.15 Å². The van der Waals surface area contributed by atoms with E-state index < -0.39 is 11.4 Å². The molecule has 0 amide bonds. The molecule has 0 unspecified atom stereocenters. The van der Waals surface area contributed by atoms with Gasteiger partial charge in [0, 0.05) is 16.6 Å². The fourth-order valence-corrected chi connectivity index (χ4v) is 3.59. The Morgan fingerprint density at radius 2 is 1.70 bits per heavy atom. The fraction of sp³-hybridized carbons (Fsp3) is 0.263. The number of nitrogens with zero attached hydrogens (tertiary/aromatic N) is 1. The van der Waals surface area contributed by atoms with E-state index >= 15 is 0 Å². The van der Waals surface area contributed by atoms with E-state index in [2.05, 4.69) is 0 Å². The number of halogens is 3. The van der Waals surface area contributed by atoms with Crippen molar-refractivity contribution in [1.82, 2.24) is 4.57 Å². The second kappa shape index (κ2) is 7.97. The van der Waals surface area contributed by atoms with Crippen molar-refractivity contribution in [2.45, 2.75) is 26.8 Å². The zero-order valence-corrected chi connectivity index (χ0v) is 16.9. The molecule has 27 heavy (non-hydrogen) atoms. The Kier molecular flexibility index (Phi) is 5.84. The van der Waals surface area contributed by atoms with Crippen LogP contribution in [0.4, 0.5) is 0 Å². The topological polar surface area (TPSA) is 61.4 Å². The van der Waals surface area contributed by atoms with Crippen LogP contribution in [0, 0.1) is 13.8 Å². The first kappa shape index (κ1) is 19.8. The Bertz CT molecular complexity index is 1110. The van der Waals surface area contributed by atoms with Gasteiger partial charge in [-0.1, -0.05) is 34.8 Å². The summed E-state index contributed by atoms with van der Waals surface area (Å²) in [5.74, 6) is -0.0640. The molecule has 1 heterocycles. The summed E-state index contributed by atoms with van der Waals surface area (Å²) in [5, 5.41) is 1.39. The SMILES string of the molecule is Cc1cc(OCCCn2c(=O)oc(=O)c3cc(Cl)cc(Cl)c32)cc(C)c1Cl. The number of benzene rings is 2. The minimum Gasteiger partial charge on any atom is -0.494 e. The van der Waals surface area contributed by atoms with E-state index in [4.69, 9.17) is 44.0 Å². The molecule has 0 aliphatic rings. The zero-order chi connectivity index (χ0) is 19.7.